The monoisotopic (exact) mass is 233 g/mol. The van der Waals surface area contributed by atoms with Crippen LogP contribution in [-0.4, -0.2) is 24.9 Å². The lowest BCUT2D eigenvalue weighted by atomic mass is 10.4. The van der Waals surface area contributed by atoms with Gasteiger partial charge in [-0.3, -0.25) is 4.79 Å². The Balaban J connectivity index is 2.60. The Kier molecular flexibility index (Phi) is 4.22. The van der Waals surface area contributed by atoms with Gasteiger partial charge in [-0.15, -0.1) is 22.9 Å². The van der Waals surface area contributed by atoms with E-state index in [4.69, 9.17) is 16.3 Å². The molecule has 1 N–H and O–H groups in total. The zero-order chi connectivity index (χ0) is 10.6. The van der Waals surface area contributed by atoms with Crippen molar-refractivity contribution in [3.63, 3.8) is 0 Å². The smallest absolute Gasteiger partial charge is 0.265 e. The zero-order valence-corrected chi connectivity index (χ0v) is 9.61. The van der Waals surface area contributed by atoms with Gasteiger partial charge < -0.3 is 10.1 Å². The molecule has 1 aromatic heterocycles. The summed E-state index contributed by atoms with van der Waals surface area (Å²) in [6.07, 6.45) is 0. The fraction of sp³-hybridized carbons (Fsp3) is 0.444. The third kappa shape index (κ3) is 2.89. The number of carbonyl (C=O) groups is 1. The number of hydrogen-bond donors (Lipinski definition) is 1. The van der Waals surface area contributed by atoms with E-state index in [0.717, 1.165) is 0 Å². The number of carbonyl (C=O) groups excluding carboxylic acids is 1. The van der Waals surface area contributed by atoms with Crippen LogP contribution in [0.2, 0.25) is 0 Å². The van der Waals surface area contributed by atoms with Crippen LogP contribution in [0.15, 0.2) is 11.4 Å². The molecule has 14 heavy (non-hydrogen) atoms. The summed E-state index contributed by atoms with van der Waals surface area (Å²) in [5.41, 5.74) is 0. The van der Waals surface area contributed by atoms with Crippen LogP contribution in [0.1, 0.15) is 16.6 Å². The highest BCUT2D eigenvalue weighted by Crippen LogP contribution is 2.23. The lowest BCUT2D eigenvalue weighted by Gasteiger charge is -2.06. The van der Waals surface area contributed by atoms with Gasteiger partial charge >= 0.3 is 0 Å². The van der Waals surface area contributed by atoms with E-state index in [-0.39, 0.29) is 11.3 Å². The molecular weight excluding hydrogens is 222 g/mol. The largest absolute Gasteiger partial charge is 0.495 e. The van der Waals surface area contributed by atoms with E-state index in [9.17, 15) is 4.79 Å². The predicted octanol–water partition coefficient (Wildman–Crippen LogP) is 2.11. The maximum Gasteiger partial charge on any atom is 0.265 e. The predicted molar refractivity (Wildman–Crippen MR) is 58.5 cm³/mol. The quantitative estimate of drug-likeness (QED) is 0.809. The number of amides is 1. The molecule has 0 aromatic carbocycles. The molecular formula is C9H12ClNO2S. The van der Waals surface area contributed by atoms with Gasteiger partial charge in [-0.05, 0) is 18.4 Å². The van der Waals surface area contributed by atoms with Gasteiger partial charge in [0.2, 0.25) is 0 Å². The summed E-state index contributed by atoms with van der Waals surface area (Å²) in [7, 11) is 1.54. The second-order valence-corrected chi connectivity index (χ2v) is 4.47. The molecule has 0 saturated carbocycles. The molecule has 5 heteroatoms. The lowest BCUT2D eigenvalue weighted by Crippen LogP contribution is -2.28. The average molecular weight is 234 g/mol. The van der Waals surface area contributed by atoms with Crippen LogP contribution in [-0.2, 0) is 0 Å². The average Bonchev–Trinajstić information content (AvgIpc) is 2.61. The van der Waals surface area contributed by atoms with Gasteiger partial charge in [0, 0.05) is 11.9 Å². The second-order valence-electron chi connectivity index (χ2n) is 2.81. The van der Waals surface area contributed by atoms with Crippen LogP contribution < -0.4 is 10.1 Å². The van der Waals surface area contributed by atoms with Crippen molar-refractivity contribution < 1.29 is 9.53 Å². The van der Waals surface area contributed by atoms with Crippen LogP contribution in [0.4, 0.5) is 0 Å². The molecule has 0 aliphatic heterocycles. The Labute approximate surface area is 92.0 Å². The minimum atomic E-state index is -0.135. The number of thiophene rings is 1. The third-order valence-corrected chi connectivity index (χ3v) is 2.65. The fourth-order valence-electron chi connectivity index (χ4n) is 0.937. The molecule has 0 aliphatic carbocycles. The standard InChI is InChI=1S/C9H12ClNO2S/c1-6(10)5-11-9(12)8-7(13-2)3-4-14-8/h3-4,6H,5H2,1-2H3,(H,11,12). The van der Waals surface area contributed by atoms with E-state index in [1.165, 1.54) is 11.3 Å². The van der Waals surface area contributed by atoms with Crippen LogP contribution in [0.3, 0.4) is 0 Å². The van der Waals surface area contributed by atoms with Crippen molar-refractivity contribution in [2.24, 2.45) is 0 Å². The van der Waals surface area contributed by atoms with E-state index in [1.807, 2.05) is 12.3 Å². The molecule has 1 heterocycles. The number of rotatable bonds is 4. The molecule has 0 bridgehead atoms. The molecule has 0 saturated heterocycles. The highest BCUT2D eigenvalue weighted by atomic mass is 35.5. The number of halogens is 1. The van der Waals surface area contributed by atoms with E-state index in [1.54, 1.807) is 13.2 Å². The van der Waals surface area contributed by atoms with Gasteiger partial charge in [0.15, 0.2) is 0 Å². The van der Waals surface area contributed by atoms with Crippen LogP contribution in [0.5, 0.6) is 5.75 Å². The van der Waals surface area contributed by atoms with Gasteiger partial charge in [-0.1, -0.05) is 0 Å². The number of alkyl halides is 1. The number of methoxy groups -OCH3 is 1. The highest BCUT2D eigenvalue weighted by molar-refractivity contribution is 7.12. The maximum atomic E-state index is 11.6. The number of hydrogen-bond acceptors (Lipinski definition) is 3. The Morgan fingerprint density at radius 3 is 3.07 bits per heavy atom. The van der Waals surface area contributed by atoms with E-state index >= 15 is 0 Å². The topological polar surface area (TPSA) is 38.3 Å². The van der Waals surface area contributed by atoms with Gasteiger partial charge in [0.25, 0.3) is 5.91 Å². The summed E-state index contributed by atoms with van der Waals surface area (Å²) in [6.45, 7) is 2.29. The molecule has 0 fully saturated rings. The fourth-order valence-corrected chi connectivity index (χ4v) is 1.79. The molecule has 1 amide bonds. The molecule has 0 radical (unpaired) electrons. The molecule has 1 atom stereocenters. The van der Waals surface area contributed by atoms with Crippen molar-refractivity contribution in [3.8, 4) is 5.75 Å². The van der Waals surface area contributed by atoms with E-state index < -0.39 is 0 Å². The zero-order valence-electron chi connectivity index (χ0n) is 8.04. The first kappa shape index (κ1) is 11.3. The van der Waals surface area contributed by atoms with Crippen molar-refractivity contribution in [1.82, 2.24) is 5.32 Å². The Bertz CT molecular complexity index is 312. The minimum Gasteiger partial charge on any atom is -0.495 e. The first-order chi connectivity index (χ1) is 6.65. The van der Waals surface area contributed by atoms with Crippen molar-refractivity contribution in [2.75, 3.05) is 13.7 Å². The molecule has 1 rings (SSSR count). The van der Waals surface area contributed by atoms with Gasteiger partial charge in [-0.2, -0.15) is 0 Å². The van der Waals surface area contributed by atoms with Crippen LogP contribution in [0, 0.1) is 0 Å². The SMILES string of the molecule is COc1ccsc1C(=O)NCC(C)Cl. The van der Waals surface area contributed by atoms with E-state index in [0.29, 0.717) is 17.2 Å². The maximum absolute atomic E-state index is 11.6. The highest BCUT2D eigenvalue weighted by Gasteiger charge is 2.13. The molecule has 0 aliphatic rings. The summed E-state index contributed by atoms with van der Waals surface area (Å²) < 4.78 is 5.03. The Morgan fingerprint density at radius 2 is 2.50 bits per heavy atom. The number of nitrogens with one attached hydrogen (secondary N) is 1. The Morgan fingerprint density at radius 1 is 1.79 bits per heavy atom. The molecule has 3 nitrogen and oxygen atoms in total. The lowest BCUT2D eigenvalue weighted by molar-refractivity contribution is 0.0955. The first-order valence-electron chi connectivity index (χ1n) is 4.19. The minimum absolute atomic E-state index is 0.0649. The molecule has 1 aromatic rings. The first-order valence-corrected chi connectivity index (χ1v) is 5.50. The van der Waals surface area contributed by atoms with E-state index in [2.05, 4.69) is 5.32 Å². The van der Waals surface area contributed by atoms with Gasteiger partial charge in [-0.25, -0.2) is 0 Å². The number of ether oxygens (including phenoxy) is 1. The van der Waals surface area contributed by atoms with Gasteiger partial charge in [0.05, 0.1) is 7.11 Å². The molecule has 1 unspecified atom stereocenters. The summed E-state index contributed by atoms with van der Waals surface area (Å²) in [5.74, 6) is 0.471. The summed E-state index contributed by atoms with van der Waals surface area (Å²) in [5, 5.41) is 4.47. The summed E-state index contributed by atoms with van der Waals surface area (Å²) >= 11 is 7.07. The summed E-state index contributed by atoms with van der Waals surface area (Å²) in [4.78, 5) is 12.1. The second kappa shape index (κ2) is 5.22. The molecule has 78 valence electrons. The van der Waals surface area contributed by atoms with Crippen LogP contribution in [0.25, 0.3) is 0 Å². The molecule has 0 spiro atoms. The normalized spacial score (nSPS) is 12.2. The van der Waals surface area contributed by atoms with Crippen molar-refractivity contribution >= 4 is 28.8 Å². The third-order valence-electron chi connectivity index (χ3n) is 1.60. The Hall–Kier alpha value is -0.740. The summed E-state index contributed by atoms with van der Waals surface area (Å²) in [6, 6.07) is 1.77. The van der Waals surface area contributed by atoms with Crippen molar-refractivity contribution in [3.05, 3.63) is 16.3 Å². The van der Waals surface area contributed by atoms with Crippen LogP contribution >= 0.6 is 22.9 Å². The van der Waals surface area contributed by atoms with Crippen molar-refractivity contribution in [2.45, 2.75) is 12.3 Å². The van der Waals surface area contributed by atoms with Crippen molar-refractivity contribution in [1.29, 1.82) is 0 Å². The van der Waals surface area contributed by atoms with Gasteiger partial charge in [0.1, 0.15) is 10.6 Å².